The van der Waals surface area contributed by atoms with Crippen molar-refractivity contribution in [1.82, 2.24) is 0 Å². The van der Waals surface area contributed by atoms with Crippen LogP contribution in [0.4, 0.5) is 0 Å². The van der Waals surface area contributed by atoms with E-state index in [4.69, 9.17) is 9.84 Å². The molecule has 0 spiro atoms. The number of benzene rings is 2. The lowest BCUT2D eigenvalue weighted by molar-refractivity contribution is -0.139. The van der Waals surface area contributed by atoms with Gasteiger partial charge in [0.25, 0.3) is 0 Å². The maximum atomic E-state index is 10.4. The van der Waals surface area contributed by atoms with Crippen LogP contribution < -0.4 is 4.74 Å². The molecular formula is C14H14O4. The third kappa shape index (κ3) is 2.99. The fourth-order valence-electron chi connectivity index (χ4n) is 1.77. The van der Waals surface area contributed by atoms with E-state index >= 15 is 0 Å². The van der Waals surface area contributed by atoms with Crippen molar-refractivity contribution in [3.05, 3.63) is 42.5 Å². The van der Waals surface area contributed by atoms with E-state index in [1.165, 1.54) is 0 Å². The van der Waals surface area contributed by atoms with Gasteiger partial charge in [0.2, 0.25) is 0 Å². The minimum Gasteiger partial charge on any atom is -0.490 e. The van der Waals surface area contributed by atoms with Gasteiger partial charge >= 0.3 is 5.97 Å². The van der Waals surface area contributed by atoms with Gasteiger partial charge in [-0.2, -0.15) is 0 Å². The molecule has 0 aromatic heterocycles. The molecule has 0 saturated heterocycles. The van der Waals surface area contributed by atoms with E-state index in [9.17, 15) is 9.90 Å². The predicted octanol–water partition coefficient (Wildman–Crippen LogP) is 2.05. The van der Waals surface area contributed by atoms with Gasteiger partial charge in [-0.05, 0) is 11.5 Å². The molecule has 0 aliphatic heterocycles. The number of carboxylic acid groups (broad SMARTS) is 1. The molecule has 94 valence electrons. The summed E-state index contributed by atoms with van der Waals surface area (Å²) < 4.78 is 5.47. The van der Waals surface area contributed by atoms with Crippen molar-refractivity contribution in [1.29, 1.82) is 0 Å². The summed E-state index contributed by atoms with van der Waals surface area (Å²) in [4.78, 5) is 10.4. The van der Waals surface area contributed by atoms with Gasteiger partial charge in [-0.3, -0.25) is 4.79 Å². The Morgan fingerprint density at radius 3 is 2.67 bits per heavy atom. The molecule has 4 heteroatoms. The number of aliphatic carboxylic acids is 1. The van der Waals surface area contributed by atoms with Crippen LogP contribution in [0.3, 0.4) is 0 Å². The molecule has 2 aromatic carbocycles. The minimum absolute atomic E-state index is 0.0275. The second-order valence-corrected chi connectivity index (χ2v) is 4.04. The van der Waals surface area contributed by atoms with Gasteiger partial charge in [0.1, 0.15) is 12.4 Å². The molecule has 0 radical (unpaired) electrons. The standard InChI is InChI=1S/C14H14O4/c15-11(8-14(16)17)9-18-13-7-3-5-10-4-1-2-6-12(10)13/h1-7,11,15H,8-9H2,(H,16,17)/t11-/m0/s1. The highest BCUT2D eigenvalue weighted by Crippen LogP contribution is 2.25. The van der Waals surface area contributed by atoms with E-state index in [-0.39, 0.29) is 13.0 Å². The quantitative estimate of drug-likeness (QED) is 0.847. The van der Waals surface area contributed by atoms with E-state index in [1.807, 2.05) is 36.4 Å². The van der Waals surface area contributed by atoms with Crippen LogP contribution in [0.15, 0.2) is 42.5 Å². The smallest absolute Gasteiger partial charge is 0.306 e. The average molecular weight is 246 g/mol. The molecule has 0 unspecified atom stereocenters. The van der Waals surface area contributed by atoms with Gasteiger partial charge in [0.05, 0.1) is 12.5 Å². The average Bonchev–Trinajstić information content (AvgIpc) is 2.35. The van der Waals surface area contributed by atoms with Crippen LogP contribution in [0.2, 0.25) is 0 Å². The van der Waals surface area contributed by atoms with Gasteiger partial charge in [0.15, 0.2) is 0 Å². The van der Waals surface area contributed by atoms with Crippen molar-refractivity contribution in [2.45, 2.75) is 12.5 Å². The van der Waals surface area contributed by atoms with Gasteiger partial charge in [0, 0.05) is 5.39 Å². The fourth-order valence-corrected chi connectivity index (χ4v) is 1.77. The van der Waals surface area contributed by atoms with Crippen LogP contribution in [0.5, 0.6) is 5.75 Å². The lowest BCUT2D eigenvalue weighted by Crippen LogP contribution is -2.21. The SMILES string of the molecule is O=C(O)C[C@H](O)COc1cccc2ccccc12. The lowest BCUT2D eigenvalue weighted by atomic mass is 10.1. The number of hydrogen-bond donors (Lipinski definition) is 2. The van der Waals surface area contributed by atoms with Gasteiger partial charge in [-0.25, -0.2) is 0 Å². The molecule has 18 heavy (non-hydrogen) atoms. The highest BCUT2D eigenvalue weighted by atomic mass is 16.5. The molecule has 1 atom stereocenters. The zero-order chi connectivity index (χ0) is 13.0. The maximum absolute atomic E-state index is 10.4. The number of rotatable bonds is 5. The van der Waals surface area contributed by atoms with E-state index < -0.39 is 12.1 Å². The molecule has 2 N–H and O–H groups in total. The second kappa shape index (κ2) is 5.51. The summed E-state index contributed by atoms with van der Waals surface area (Å²) in [6.07, 6.45) is -1.31. The number of ether oxygens (including phenoxy) is 1. The van der Waals surface area contributed by atoms with Crippen molar-refractivity contribution >= 4 is 16.7 Å². The Morgan fingerprint density at radius 2 is 1.89 bits per heavy atom. The Bertz CT molecular complexity index is 545. The molecular weight excluding hydrogens is 232 g/mol. The van der Waals surface area contributed by atoms with Gasteiger partial charge in [-0.1, -0.05) is 36.4 Å². The van der Waals surface area contributed by atoms with Crippen LogP contribution in [-0.2, 0) is 4.79 Å². The topological polar surface area (TPSA) is 66.8 Å². The zero-order valence-corrected chi connectivity index (χ0v) is 9.74. The third-order valence-corrected chi connectivity index (χ3v) is 2.59. The van der Waals surface area contributed by atoms with E-state index in [1.54, 1.807) is 6.07 Å². The predicted molar refractivity (Wildman–Crippen MR) is 67.7 cm³/mol. The summed E-state index contributed by atoms with van der Waals surface area (Å²) >= 11 is 0. The number of carboxylic acids is 1. The van der Waals surface area contributed by atoms with Crippen LogP contribution in [0.25, 0.3) is 10.8 Å². The number of hydrogen-bond acceptors (Lipinski definition) is 3. The minimum atomic E-state index is -1.04. The normalized spacial score (nSPS) is 12.3. The molecule has 2 aromatic rings. The lowest BCUT2D eigenvalue weighted by Gasteiger charge is -2.12. The molecule has 0 fully saturated rings. The largest absolute Gasteiger partial charge is 0.490 e. The van der Waals surface area contributed by atoms with E-state index in [0.717, 1.165) is 10.8 Å². The van der Waals surface area contributed by atoms with E-state index in [2.05, 4.69) is 0 Å². The molecule has 0 saturated carbocycles. The summed E-state index contributed by atoms with van der Waals surface area (Å²) in [5.41, 5.74) is 0. The van der Waals surface area contributed by atoms with Crippen LogP contribution in [-0.4, -0.2) is 28.9 Å². The van der Waals surface area contributed by atoms with Crippen molar-refractivity contribution in [3.8, 4) is 5.75 Å². The number of fused-ring (bicyclic) bond motifs is 1. The Hall–Kier alpha value is -2.07. The molecule has 0 aliphatic rings. The molecule has 0 aliphatic carbocycles. The van der Waals surface area contributed by atoms with Crippen molar-refractivity contribution < 1.29 is 19.7 Å². The summed E-state index contributed by atoms with van der Waals surface area (Å²) in [7, 11) is 0. The van der Waals surface area contributed by atoms with Crippen molar-refractivity contribution in [2.24, 2.45) is 0 Å². The second-order valence-electron chi connectivity index (χ2n) is 4.04. The van der Waals surface area contributed by atoms with Crippen molar-refractivity contribution in [3.63, 3.8) is 0 Å². The Balaban J connectivity index is 2.10. The van der Waals surface area contributed by atoms with E-state index in [0.29, 0.717) is 5.75 Å². The maximum Gasteiger partial charge on any atom is 0.306 e. The van der Waals surface area contributed by atoms with Gasteiger partial charge < -0.3 is 14.9 Å². The fraction of sp³-hybridized carbons (Fsp3) is 0.214. The molecule has 0 heterocycles. The first-order chi connectivity index (χ1) is 8.66. The highest BCUT2D eigenvalue weighted by Gasteiger charge is 2.11. The van der Waals surface area contributed by atoms with Crippen LogP contribution in [0, 0.1) is 0 Å². The highest BCUT2D eigenvalue weighted by molar-refractivity contribution is 5.88. The van der Waals surface area contributed by atoms with Gasteiger partial charge in [-0.15, -0.1) is 0 Å². The third-order valence-electron chi connectivity index (χ3n) is 2.59. The molecule has 0 bridgehead atoms. The number of aliphatic hydroxyl groups excluding tert-OH is 1. The van der Waals surface area contributed by atoms with Crippen LogP contribution in [0.1, 0.15) is 6.42 Å². The number of aliphatic hydroxyl groups is 1. The summed E-state index contributed by atoms with van der Waals surface area (Å²) in [6.45, 7) is -0.0275. The van der Waals surface area contributed by atoms with Crippen LogP contribution >= 0.6 is 0 Å². The first-order valence-corrected chi connectivity index (χ1v) is 5.67. The Kier molecular flexibility index (Phi) is 3.79. The van der Waals surface area contributed by atoms with Crippen molar-refractivity contribution in [2.75, 3.05) is 6.61 Å². The first-order valence-electron chi connectivity index (χ1n) is 5.67. The Morgan fingerprint density at radius 1 is 1.17 bits per heavy atom. The summed E-state index contributed by atoms with van der Waals surface area (Å²) in [6, 6.07) is 13.4. The zero-order valence-electron chi connectivity index (χ0n) is 9.74. The number of carbonyl (C=O) groups is 1. The molecule has 2 rings (SSSR count). The monoisotopic (exact) mass is 246 g/mol. The first kappa shape index (κ1) is 12.4. The summed E-state index contributed by atoms with van der Waals surface area (Å²) in [5.74, 6) is -0.387. The molecule has 0 amide bonds. The molecule has 4 nitrogen and oxygen atoms in total. The summed E-state index contributed by atoms with van der Waals surface area (Å²) in [5, 5.41) is 20.0. The Labute approximate surface area is 104 Å².